The number of rotatable bonds is 0. The third kappa shape index (κ3) is 1.55. The molecule has 0 spiro atoms. The Balaban J connectivity index is 1.98. The van der Waals surface area contributed by atoms with E-state index in [9.17, 15) is 4.79 Å². The Labute approximate surface area is 146 Å². The number of hydrogen-bond acceptors (Lipinski definition) is 1. The van der Waals surface area contributed by atoms with Crippen molar-refractivity contribution in [3.8, 4) is 0 Å². The van der Waals surface area contributed by atoms with E-state index in [2.05, 4.69) is 27.4 Å². The number of aromatic nitrogens is 2. The average Bonchev–Trinajstić information content (AvgIpc) is 3.27. The highest BCUT2D eigenvalue weighted by atomic mass is 35.5. The summed E-state index contributed by atoms with van der Waals surface area (Å²) in [5, 5.41) is 7.92. The van der Waals surface area contributed by atoms with Crippen LogP contribution in [0.15, 0.2) is 42.5 Å². The minimum atomic E-state index is -0.0111. The van der Waals surface area contributed by atoms with E-state index in [1.165, 1.54) is 0 Å². The van der Waals surface area contributed by atoms with Gasteiger partial charge >= 0.3 is 0 Å². The predicted octanol–water partition coefficient (Wildman–Crippen LogP) is 4.85. The molecule has 0 saturated heterocycles. The number of hydrogen-bond donors (Lipinski definition) is 3. The molecule has 0 radical (unpaired) electrons. The molecule has 0 bridgehead atoms. The van der Waals surface area contributed by atoms with Gasteiger partial charge in [0.2, 0.25) is 0 Å². The van der Waals surface area contributed by atoms with Crippen LogP contribution in [0.5, 0.6) is 0 Å². The molecule has 0 saturated carbocycles. The zero-order chi connectivity index (χ0) is 16.7. The first-order valence-electron chi connectivity index (χ1n) is 8.17. The fourth-order valence-electron chi connectivity index (χ4n) is 4.22. The fourth-order valence-corrected chi connectivity index (χ4v) is 4.39. The second-order valence-electron chi connectivity index (χ2n) is 6.52. The lowest BCUT2D eigenvalue weighted by atomic mass is 9.97. The van der Waals surface area contributed by atoms with Crippen molar-refractivity contribution in [3.63, 3.8) is 0 Å². The molecule has 3 heterocycles. The number of carbonyl (C=O) groups excluding carboxylic acids is 1. The predicted molar refractivity (Wildman–Crippen MR) is 101 cm³/mol. The van der Waals surface area contributed by atoms with Crippen LogP contribution < -0.4 is 5.32 Å². The highest BCUT2D eigenvalue weighted by Crippen LogP contribution is 2.42. The Morgan fingerprint density at radius 2 is 1.64 bits per heavy atom. The van der Waals surface area contributed by atoms with Gasteiger partial charge in [-0.1, -0.05) is 35.9 Å². The quantitative estimate of drug-likeness (QED) is 0.369. The number of carbonyl (C=O) groups is 1. The van der Waals surface area contributed by atoms with Crippen molar-refractivity contribution in [2.75, 3.05) is 0 Å². The first-order valence-corrected chi connectivity index (χ1v) is 8.54. The zero-order valence-electron chi connectivity index (χ0n) is 13.0. The minimum absolute atomic E-state index is 0.0111. The van der Waals surface area contributed by atoms with Crippen molar-refractivity contribution < 1.29 is 4.79 Å². The largest absolute Gasteiger partial charge is 0.353 e. The SMILES string of the molecule is O=C1NCc2c1c1c3ccc(Cl)cc3[nH]c1c1[nH]c3ccccc3c21. The molecule has 5 aromatic rings. The molecule has 2 aromatic heterocycles. The summed E-state index contributed by atoms with van der Waals surface area (Å²) >= 11 is 6.17. The van der Waals surface area contributed by atoms with Crippen LogP contribution in [-0.4, -0.2) is 15.9 Å². The van der Waals surface area contributed by atoms with Crippen LogP contribution in [0.4, 0.5) is 0 Å². The Hall–Kier alpha value is -2.98. The van der Waals surface area contributed by atoms with E-state index in [0.29, 0.717) is 11.6 Å². The fraction of sp³-hybridized carbons (Fsp3) is 0.0500. The Morgan fingerprint density at radius 1 is 0.880 bits per heavy atom. The Morgan fingerprint density at radius 3 is 2.56 bits per heavy atom. The number of benzene rings is 3. The summed E-state index contributed by atoms with van der Waals surface area (Å²) in [6, 6.07) is 14.0. The maximum absolute atomic E-state index is 12.6. The first kappa shape index (κ1) is 13.3. The molecule has 3 N–H and O–H groups in total. The van der Waals surface area contributed by atoms with Gasteiger partial charge in [-0.05, 0) is 23.8 Å². The van der Waals surface area contributed by atoms with Gasteiger partial charge in [-0.3, -0.25) is 4.79 Å². The first-order chi connectivity index (χ1) is 12.2. The van der Waals surface area contributed by atoms with Crippen LogP contribution in [-0.2, 0) is 6.54 Å². The van der Waals surface area contributed by atoms with E-state index >= 15 is 0 Å². The van der Waals surface area contributed by atoms with Gasteiger partial charge in [-0.25, -0.2) is 0 Å². The smallest absolute Gasteiger partial charge is 0.252 e. The van der Waals surface area contributed by atoms with Gasteiger partial charge in [0.25, 0.3) is 5.91 Å². The van der Waals surface area contributed by atoms with E-state index in [-0.39, 0.29) is 5.91 Å². The van der Waals surface area contributed by atoms with Gasteiger partial charge in [0.15, 0.2) is 0 Å². The van der Waals surface area contributed by atoms with Gasteiger partial charge < -0.3 is 15.3 Å². The number of aromatic amines is 2. The summed E-state index contributed by atoms with van der Waals surface area (Å²) in [5.41, 5.74) is 5.86. The number of para-hydroxylation sites is 1. The monoisotopic (exact) mass is 345 g/mol. The highest BCUT2D eigenvalue weighted by Gasteiger charge is 2.29. The van der Waals surface area contributed by atoms with Crippen molar-refractivity contribution in [1.29, 1.82) is 0 Å². The zero-order valence-corrected chi connectivity index (χ0v) is 13.8. The molecule has 0 aliphatic carbocycles. The Kier molecular flexibility index (Phi) is 2.32. The second kappa shape index (κ2) is 4.35. The summed E-state index contributed by atoms with van der Waals surface area (Å²) in [6.07, 6.45) is 0. The van der Waals surface area contributed by atoms with Gasteiger partial charge in [0.05, 0.1) is 16.6 Å². The molecule has 1 amide bonds. The number of halogens is 1. The van der Waals surface area contributed by atoms with Gasteiger partial charge in [0.1, 0.15) is 0 Å². The summed E-state index contributed by atoms with van der Waals surface area (Å²) in [5.74, 6) is -0.0111. The number of fused-ring (bicyclic) bond motifs is 10. The molecule has 4 nitrogen and oxygen atoms in total. The van der Waals surface area contributed by atoms with Gasteiger partial charge in [-0.2, -0.15) is 0 Å². The molecule has 1 aliphatic rings. The van der Waals surface area contributed by atoms with E-state index < -0.39 is 0 Å². The second-order valence-corrected chi connectivity index (χ2v) is 6.96. The molecule has 5 heteroatoms. The summed E-state index contributed by atoms with van der Waals surface area (Å²) < 4.78 is 0. The number of amides is 1. The summed E-state index contributed by atoms with van der Waals surface area (Å²) in [6.45, 7) is 0.558. The lowest BCUT2D eigenvalue weighted by Gasteiger charge is -2.03. The summed E-state index contributed by atoms with van der Waals surface area (Å²) in [7, 11) is 0. The molecular formula is C20H12ClN3O. The average molecular weight is 346 g/mol. The third-order valence-corrected chi connectivity index (χ3v) is 5.46. The van der Waals surface area contributed by atoms with E-state index in [1.54, 1.807) is 0 Å². The molecule has 3 aromatic carbocycles. The van der Waals surface area contributed by atoms with Crippen LogP contribution in [0.2, 0.25) is 5.02 Å². The van der Waals surface area contributed by atoms with E-state index in [1.807, 2.05) is 30.3 Å². The number of H-pyrrole nitrogens is 2. The van der Waals surface area contributed by atoms with Crippen LogP contribution >= 0.6 is 11.6 Å². The van der Waals surface area contributed by atoms with Gasteiger partial charge in [-0.15, -0.1) is 0 Å². The lowest BCUT2D eigenvalue weighted by molar-refractivity contribution is 0.0967. The van der Waals surface area contributed by atoms with Crippen LogP contribution in [0.25, 0.3) is 43.6 Å². The molecular weight excluding hydrogens is 334 g/mol. The van der Waals surface area contributed by atoms with Crippen molar-refractivity contribution >= 4 is 61.1 Å². The molecule has 0 atom stereocenters. The molecule has 6 rings (SSSR count). The maximum Gasteiger partial charge on any atom is 0.252 e. The topological polar surface area (TPSA) is 60.7 Å². The number of nitrogens with one attached hydrogen (secondary N) is 3. The van der Waals surface area contributed by atoms with Gasteiger partial charge in [0, 0.05) is 44.1 Å². The van der Waals surface area contributed by atoms with Crippen LogP contribution in [0, 0.1) is 0 Å². The molecule has 0 unspecified atom stereocenters. The van der Waals surface area contributed by atoms with Crippen LogP contribution in [0.3, 0.4) is 0 Å². The normalized spacial score (nSPS) is 14.0. The third-order valence-electron chi connectivity index (χ3n) is 5.22. The standard InChI is InChI=1S/C20H12ClN3O/c21-9-5-6-11-14(7-9)24-19-16(11)17-12(8-22-20(17)25)15-10-3-1-2-4-13(10)23-18(15)19/h1-7,23-24H,8H2,(H,22,25). The van der Waals surface area contributed by atoms with E-state index in [4.69, 9.17) is 11.6 Å². The van der Waals surface area contributed by atoms with Crippen molar-refractivity contribution in [2.45, 2.75) is 6.54 Å². The van der Waals surface area contributed by atoms with Crippen molar-refractivity contribution in [3.05, 3.63) is 58.6 Å². The Bertz CT molecular complexity index is 1380. The summed E-state index contributed by atoms with van der Waals surface area (Å²) in [4.78, 5) is 19.6. The van der Waals surface area contributed by atoms with Crippen LogP contribution in [0.1, 0.15) is 15.9 Å². The molecule has 120 valence electrons. The molecule has 1 aliphatic heterocycles. The molecule has 0 fully saturated rings. The maximum atomic E-state index is 12.6. The minimum Gasteiger partial charge on any atom is -0.353 e. The lowest BCUT2D eigenvalue weighted by Crippen LogP contribution is -2.12. The molecule has 25 heavy (non-hydrogen) atoms. The highest BCUT2D eigenvalue weighted by molar-refractivity contribution is 6.33. The van der Waals surface area contributed by atoms with E-state index in [0.717, 1.165) is 54.7 Å². The van der Waals surface area contributed by atoms with Crippen molar-refractivity contribution in [1.82, 2.24) is 15.3 Å². The van der Waals surface area contributed by atoms with Crippen molar-refractivity contribution in [2.24, 2.45) is 0 Å².